The molecule has 1 aliphatic heterocycles. The third-order valence-electron chi connectivity index (χ3n) is 5.09. The van der Waals surface area contributed by atoms with Gasteiger partial charge in [-0.3, -0.25) is 9.69 Å². The molecule has 0 atom stereocenters. The molecule has 1 aromatic carbocycles. The van der Waals surface area contributed by atoms with Crippen LogP contribution in [0, 0.1) is 18.3 Å². The maximum atomic E-state index is 11.4. The number of methoxy groups -OCH3 is 1. The van der Waals surface area contributed by atoms with Crippen molar-refractivity contribution in [3.8, 4) is 12.3 Å². The molecule has 152 valence electrons. The maximum absolute atomic E-state index is 11.4. The van der Waals surface area contributed by atoms with Crippen LogP contribution in [0.3, 0.4) is 0 Å². The van der Waals surface area contributed by atoms with Crippen LogP contribution in [0.4, 0.5) is 17.3 Å². The second-order valence-electron chi connectivity index (χ2n) is 7.31. The van der Waals surface area contributed by atoms with Crippen molar-refractivity contribution in [2.24, 2.45) is 5.92 Å². The van der Waals surface area contributed by atoms with Crippen molar-refractivity contribution in [1.82, 2.24) is 14.9 Å². The Labute approximate surface area is 172 Å². The smallest absolute Gasteiger partial charge is 0.319 e. The van der Waals surface area contributed by atoms with Crippen LogP contribution in [-0.4, -0.2) is 61.2 Å². The standard InChI is InChI=1S/C22H27N5O2/c1-4-17-6-5-7-19(12-17)25-20-13-21(24-16-23-20)27-10-8-18(9-11-27)14-26(2)15-22(28)29-3/h1,5-7,12-13,16,18H,8-11,14-15H2,2-3H3,(H,23,24,25). The van der Waals surface area contributed by atoms with E-state index in [1.807, 2.05) is 42.3 Å². The van der Waals surface area contributed by atoms with Crippen molar-refractivity contribution in [2.75, 3.05) is 50.6 Å². The molecule has 1 fully saturated rings. The van der Waals surface area contributed by atoms with Crippen molar-refractivity contribution < 1.29 is 9.53 Å². The number of hydrogen-bond donors (Lipinski definition) is 1. The largest absolute Gasteiger partial charge is 0.468 e. The van der Waals surface area contributed by atoms with E-state index in [4.69, 9.17) is 11.2 Å². The molecule has 1 N–H and O–H groups in total. The normalized spacial score (nSPS) is 14.5. The Kier molecular flexibility index (Phi) is 7.04. The van der Waals surface area contributed by atoms with Crippen LogP contribution in [0.1, 0.15) is 18.4 Å². The number of esters is 1. The Morgan fingerprint density at radius 2 is 2.14 bits per heavy atom. The van der Waals surface area contributed by atoms with Crippen LogP contribution in [0.2, 0.25) is 0 Å². The lowest BCUT2D eigenvalue weighted by molar-refractivity contribution is -0.141. The summed E-state index contributed by atoms with van der Waals surface area (Å²) in [5, 5.41) is 3.29. The van der Waals surface area contributed by atoms with Crippen LogP contribution < -0.4 is 10.2 Å². The topological polar surface area (TPSA) is 70.6 Å². The Bertz CT molecular complexity index is 872. The van der Waals surface area contributed by atoms with Gasteiger partial charge in [-0.2, -0.15) is 0 Å². The number of benzene rings is 1. The fourth-order valence-corrected chi connectivity index (χ4v) is 3.56. The molecule has 3 rings (SSSR count). The zero-order valence-electron chi connectivity index (χ0n) is 17.0. The van der Waals surface area contributed by atoms with E-state index in [-0.39, 0.29) is 5.97 Å². The summed E-state index contributed by atoms with van der Waals surface area (Å²) >= 11 is 0. The molecule has 0 amide bonds. The average Bonchev–Trinajstić information content (AvgIpc) is 2.74. The van der Waals surface area contributed by atoms with E-state index < -0.39 is 0 Å². The second-order valence-corrected chi connectivity index (χ2v) is 7.31. The fourth-order valence-electron chi connectivity index (χ4n) is 3.56. The minimum atomic E-state index is -0.196. The van der Waals surface area contributed by atoms with Gasteiger partial charge in [0.1, 0.15) is 18.0 Å². The molecule has 2 aromatic rings. The Balaban J connectivity index is 1.55. The van der Waals surface area contributed by atoms with Crippen LogP contribution >= 0.6 is 0 Å². The SMILES string of the molecule is C#Cc1cccc(Nc2cc(N3CCC(CN(C)CC(=O)OC)CC3)ncn2)c1. The third-order valence-corrected chi connectivity index (χ3v) is 5.09. The van der Waals surface area contributed by atoms with E-state index in [0.717, 1.165) is 55.4 Å². The van der Waals surface area contributed by atoms with E-state index in [0.29, 0.717) is 12.5 Å². The molecule has 0 spiro atoms. The van der Waals surface area contributed by atoms with Gasteiger partial charge in [0.15, 0.2) is 0 Å². The highest BCUT2D eigenvalue weighted by atomic mass is 16.5. The number of carbonyl (C=O) groups is 1. The first-order valence-corrected chi connectivity index (χ1v) is 9.73. The summed E-state index contributed by atoms with van der Waals surface area (Å²) in [4.78, 5) is 24.5. The number of rotatable bonds is 7. The fraction of sp³-hybridized carbons (Fsp3) is 0.409. The first-order valence-electron chi connectivity index (χ1n) is 9.73. The van der Waals surface area contributed by atoms with Gasteiger partial charge in [-0.25, -0.2) is 9.97 Å². The van der Waals surface area contributed by atoms with Gasteiger partial charge in [-0.15, -0.1) is 6.42 Å². The van der Waals surface area contributed by atoms with Gasteiger partial charge in [0.05, 0.1) is 13.7 Å². The number of terminal acetylenes is 1. The summed E-state index contributed by atoms with van der Waals surface area (Å²) in [5.74, 6) is 4.66. The highest BCUT2D eigenvalue weighted by Gasteiger charge is 2.22. The molecule has 1 saturated heterocycles. The number of nitrogens with zero attached hydrogens (tertiary/aromatic N) is 4. The van der Waals surface area contributed by atoms with Crippen molar-refractivity contribution in [2.45, 2.75) is 12.8 Å². The van der Waals surface area contributed by atoms with E-state index in [9.17, 15) is 4.79 Å². The van der Waals surface area contributed by atoms with Gasteiger partial charge in [0, 0.05) is 37.0 Å². The van der Waals surface area contributed by atoms with E-state index in [2.05, 4.69) is 26.1 Å². The van der Waals surface area contributed by atoms with Gasteiger partial charge in [-0.05, 0) is 44.0 Å². The van der Waals surface area contributed by atoms with Crippen molar-refractivity contribution in [1.29, 1.82) is 0 Å². The first-order chi connectivity index (χ1) is 14.1. The summed E-state index contributed by atoms with van der Waals surface area (Å²) in [6.07, 6.45) is 9.17. The molecular weight excluding hydrogens is 366 g/mol. The lowest BCUT2D eigenvalue weighted by Crippen LogP contribution is -2.39. The van der Waals surface area contributed by atoms with Gasteiger partial charge >= 0.3 is 5.97 Å². The minimum absolute atomic E-state index is 0.196. The Hall–Kier alpha value is -3.11. The lowest BCUT2D eigenvalue weighted by atomic mass is 9.96. The van der Waals surface area contributed by atoms with Crippen LogP contribution in [-0.2, 0) is 9.53 Å². The molecule has 0 saturated carbocycles. The number of hydrogen-bond acceptors (Lipinski definition) is 7. The van der Waals surface area contributed by atoms with Crippen LogP contribution in [0.5, 0.6) is 0 Å². The molecule has 0 radical (unpaired) electrons. The number of nitrogens with one attached hydrogen (secondary N) is 1. The highest BCUT2D eigenvalue weighted by molar-refractivity contribution is 5.71. The molecule has 1 aromatic heterocycles. The first kappa shape index (κ1) is 20.6. The predicted octanol–water partition coefficient (Wildman–Crippen LogP) is 2.52. The van der Waals surface area contributed by atoms with Gasteiger partial charge in [0.25, 0.3) is 0 Å². The summed E-state index contributed by atoms with van der Waals surface area (Å²) in [6.45, 7) is 3.09. The van der Waals surface area contributed by atoms with Crippen molar-refractivity contribution >= 4 is 23.3 Å². The molecule has 2 heterocycles. The number of piperidine rings is 1. The minimum Gasteiger partial charge on any atom is -0.468 e. The zero-order valence-corrected chi connectivity index (χ0v) is 17.0. The number of ether oxygens (including phenoxy) is 1. The molecule has 1 aliphatic rings. The highest BCUT2D eigenvalue weighted by Crippen LogP contribution is 2.24. The molecule has 0 aliphatic carbocycles. The Morgan fingerprint density at radius 1 is 1.34 bits per heavy atom. The molecule has 7 nitrogen and oxygen atoms in total. The maximum Gasteiger partial charge on any atom is 0.319 e. The van der Waals surface area contributed by atoms with E-state index >= 15 is 0 Å². The summed E-state index contributed by atoms with van der Waals surface area (Å²) in [5.41, 5.74) is 1.72. The molecular formula is C22H27N5O2. The number of anilines is 3. The van der Waals surface area contributed by atoms with Crippen molar-refractivity contribution in [3.63, 3.8) is 0 Å². The van der Waals surface area contributed by atoms with E-state index in [1.54, 1.807) is 6.33 Å². The molecule has 29 heavy (non-hydrogen) atoms. The second kappa shape index (κ2) is 9.89. The van der Waals surface area contributed by atoms with Crippen LogP contribution in [0.15, 0.2) is 36.7 Å². The van der Waals surface area contributed by atoms with Gasteiger partial charge in [0.2, 0.25) is 0 Å². The molecule has 0 bridgehead atoms. The lowest BCUT2D eigenvalue weighted by Gasteiger charge is -2.34. The number of likely N-dealkylation sites (N-methyl/N-ethyl adjacent to an activating group) is 1. The van der Waals surface area contributed by atoms with Crippen molar-refractivity contribution in [3.05, 3.63) is 42.2 Å². The summed E-state index contributed by atoms with van der Waals surface area (Å²) in [7, 11) is 3.38. The number of carbonyl (C=O) groups excluding carboxylic acids is 1. The van der Waals surface area contributed by atoms with Gasteiger partial charge in [-0.1, -0.05) is 12.0 Å². The monoisotopic (exact) mass is 393 g/mol. The van der Waals surface area contributed by atoms with Gasteiger partial charge < -0.3 is 15.0 Å². The predicted molar refractivity (Wildman–Crippen MR) is 114 cm³/mol. The average molecular weight is 393 g/mol. The molecule has 7 heteroatoms. The van der Waals surface area contributed by atoms with E-state index in [1.165, 1.54) is 7.11 Å². The third kappa shape index (κ3) is 5.93. The zero-order chi connectivity index (χ0) is 20.6. The Morgan fingerprint density at radius 3 is 2.86 bits per heavy atom. The molecule has 0 unspecified atom stereocenters. The summed E-state index contributed by atoms with van der Waals surface area (Å²) in [6, 6.07) is 9.65. The van der Waals surface area contributed by atoms with Crippen LogP contribution in [0.25, 0.3) is 0 Å². The summed E-state index contributed by atoms with van der Waals surface area (Å²) < 4.78 is 4.73. The number of aromatic nitrogens is 2. The quantitative estimate of drug-likeness (QED) is 0.572.